The number of benzene rings is 2. The van der Waals surface area contributed by atoms with E-state index in [1.165, 1.54) is 0 Å². The van der Waals surface area contributed by atoms with Gasteiger partial charge in [-0.1, -0.05) is 30.3 Å². The molecule has 0 bridgehead atoms. The van der Waals surface area contributed by atoms with Crippen molar-refractivity contribution in [3.8, 4) is 29.2 Å². The second kappa shape index (κ2) is 11.4. The Labute approximate surface area is 202 Å². The quantitative estimate of drug-likeness (QED) is 0.338. The van der Waals surface area contributed by atoms with Crippen molar-refractivity contribution in [1.82, 2.24) is 10.3 Å². The van der Waals surface area contributed by atoms with Crippen molar-refractivity contribution in [2.45, 2.75) is 20.1 Å². The summed E-state index contributed by atoms with van der Waals surface area (Å²) in [7, 11) is 0. The Kier molecular flexibility index (Phi) is 7.61. The van der Waals surface area contributed by atoms with Gasteiger partial charge in [0.1, 0.15) is 24.2 Å². The van der Waals surface area contributed by atoms with Crippen LogP contribution in [0.2, 0.25) is 0 Å². The Morgan fingerprint density at radius 3 is 2.49 bits per heavy atom. The van der Waals surface area contributed by atoms with E-state index >= 15 is 0 Å². The van der Waals surface area contributed by atoms with Crippen LogP contribution in [0.3, 0.4) is 0 Å². The van der Waals surface area contributed by atoms with Crippen LogP contribution in [0.4, 0.5) is 0 Å². The number of amides is 1. The number of ether oxygens (including phenoxy) is 3. The Morgan fingerprint density at radius 1 is 0.971 bits per heavy atom. The van der Waals surface area contributed by atoms with Crippen LogP contribution in [-0.4, -0.2) is 17.5 Å². The third kappa shape index (κ3) is 6.18. The summed E-state index contributed by atoms with van der Waals surface area (Å²) in [6.07, 6.45) is 1.63. The summed E-state index contributed by atoms with van der Waals surface area (Å²) >= 11 is 0. The topological polar surface area (TPSA) is 107 Å². The molecule has 0 radical (unpaired) electrons. The highest BCUT2D eigenvalue weighted by Gasteiger charge is 2.13. The van der Waals surface area contributed by atoms with E-state index in [9.17, 15) is 4.79 Å². The molecular formula is C27H23N3O5. The van der Waals surface area contributed by atoms with Crippen LogP contribution in [0, 0.1) is 11.3 Å². The predicted molar refractivity (Wildman–Crippen MR) is 127 cm³/mol. The molecule has 2 aromatic heterocycles. The van der Waals surface area contributed by atoms with E-state index in [0.29, 0.717) is 41.1 Å². The molecule has 0 saturated carbocycles. The van der Waals surface area contributed by atoms with Crippen LogP contribution >= 0.6 is 0 Å². The second-order valence-corrected chi connectivity index (χ2v) is 7.33. The van der Waals surface area contributed by atoms with Gasteiger partial charge in [-0.05, 0) is 48.9 Å². The lowest BCUT2D eigenvalue weighted by Crippen LogP contribution is -2.22. The predicted octanol–water partition coefficient (Wildman–Crippen LogP) is 5.25. The van der Waals surface area contributed by atoms with E-state index in [1.807, 2.05) is 37.3 Å². The normalized spacial score (nSPS) is 10.3. The van der Waals surface area contributed by atoms with Crippen LogP contribution in [0.25, 0.3) is 0 Å². The number of rotatable bonds is 10. The molecule has 0 aliphatic rings. The fourth-order valence-electron chi connectivity index (χ4n) is 3.18. The smallest absolute Gasteiger partial charge is 0.287 e. The lowest BCUT2D eigenvalue weighted by Gasteiger charge is -2.11. The van der Waals surface area contributed by atoms with E-state index in [-0.39, 0.29) is 24.8 Å². The number of carbonyl (C=O) groups excluding carboxylic acids is 1. The molecule has 1 amide bonds. The Bertz CT molecular complexity index is 1330. The third-order valence-electron chi connectivity index (χ3n) is 4.88. The first-order valence-corrected chi connectivity index (χ1v) is 11.0. The van der Waals surface area contributed by atoms with Crippen molar-refractivity contribution >= 4 is 5.91 Å². The molecule has 2 heterocycles. The first-order valence-electron chi connectivity index (χ1n) is 11.0. The molecule has 1 N–H and O–H groups in total. The van der Waals surface area contributed by atoms with Gasteiger partial charge in [-0.2, -0.15) is 5.26 Å². The summed E-state index contributed by atoms with van der Waals surface area (Å²) in [4.78, 5) is 16.8. The summed E-state index contributed by atoms with van der Waals surface area (Å²) < 4.78 is 22.6. The van der Waals surface area contributed by atoms with Crippen LogP contribution < -0.4 is 19.5 Å². The highest BCUT2D eigenvalue weighted by molar-refractivity contribution is 5.91. The van der Waals surface area contributed by atoms with Crippen molar-refractivity contribution < 1.29 is 23.4 Å². The monoisotopic (exact) mass is 469 g/mol. The van der Waals surface area contributed by atoms with Gasteiger partial charge in [-0.25, -0.2) is 4.98 Å². The molecule has 0 aliphatic heterocycles. The maximum absolute atomic E-state index is 12.5. The summed E-state index contributed by atoms with van der Waals surface area (Å²) in [5, 5.41) is 11.9. The minimum atomic E-state index is -0.361. The Balaban J connectivity index is 1.29. The first kappa shape index (κ1) is 23.4. The maximum Gasteiger partial charge on any atom is 0.287 e. The van der Waals surface area contributed by atoms with Gasteiger partial charge in [-0.3, -0.25) is 4.79 Å². The standard InChI is InChI=1S/C27H23N3O5/c1-2-32-23-9-5-6-10-24(23)35-26-14-11-19(16-29-26)17-30-27(31)25-13-12-21(34-25)18-33-22-8-4-3-7-20(22)15-28/h3-14,16H,2,17-18H2,1H3,(H,30,31). The molecule has 176 valence electrons. The zero-order valence-electron chi connectivity index (χ0n) is 19.1. The molecule has 8 nitrogen and oxygen atoms in total. The lowest BCUT2D eigenvalue weighted by molar-refractivity contribution is 0.0919. The van der Waals surface area contributed by atoms with Gasteiger partial charge in [-0.15, -0.1) is 0 Å². The average Bonchev–Trinajstić information content (AvgIpc) is 3.37. The molecule has 0 spiro atoms. The summed E-state index contributed by atoms with van der Waals surface area (Å²) in [5.41, 5.74) is 1.23. The van der Waals surface area contributed by atoms with Gasteiger partial charge in [0.25, 0.3) is 5.91 Å². The number of pyridine rings is 1. The van der Waals surface area contributed by atoms with E-state index in [1.54, 1.807) is 48.7 Å². The number of hydrogen-bond donors (Lipinski definition) is 1. The largest absolute Gasteiger partial charge is 0.490 e. The van der Waals surface area contributed by atoms with Gasteiger partial charge < -0.3 is 23.9 Å². The lowest BCUT2D eigenvalue weighted by atomic mass is 10.2. The third-order valence-corrected chi connectivity index (χ3v) is 4.88. The van der Waals surface area contributed by atoms with Gasteiger partial charge in [0.05, 0.1) is 12.2 Å². The van der Waals surface area contributed by atoms with Gasteiger partial charge in [0, 0.05) is 18.8 Å². The van der Waals surface area contributed by atoms with Gasteiger partial charge in [0.2, 0.25) is 5.88 Å². The molecule has 0 fully saturated rings. The summed E-state index contributed by atoms with van der Waals surface area (Å²) in [6, 6.07) is 23.2. The first-order chi connectivity index (χ1) is 17.2. The number of nitrogens with zero attached hydrogens (tertiary/aromatic N) is 2. The average molecular weight is 469 g/mol. The molecule has 4 aromatic rings. The van der Waals surface area contributed by atoms with E-state index in [4.69, 9.17) is 23.9 Å². The molecule has 4 rings (SSSR count). The minimum absolute atomic E-state index is 0.101. The van der Waals surface area contributed by atoms with Crippen molar-refractivity contribution in [2.75, 3.05) is 6.61 Å². The fourth-order valence-corrected chi connectivity index (χ4v) is 3.18. The number of carbonyl (C=O) groups is 1. The highest BCUT2D eigenvalue weighted by atomic mass is 16.5. The van der Waals surface area contributed by atoms with Crippen molar-refractivity contribution in [3.05, 3.63) is 102 Å². The van der Waals surface area contributed by atoms with Crippen LogP contribution in [0.15, 0.2) is 83.4 Å². The van der Waals surface area contributed by atoms with Crippen molar-refractivity contribution in [2.24, 2.45) is 0 Å². The van der Waals surface area contributed by atoms with Gasteiger partial charge >= 0.3 is 0 Å². The zero-order chi connectivity index (χ0) is 24.5. The molecule has 2 aromatic carbocycles. The molecule has 0 aliphatic carbocycles. The molecule has 0 atom stereocenters. The molecular weight excluding hydrogens is 446 g/mol. The van der Waals surface area contributed by atoms with Crippen LogP contribution in [-0.2, 0) is 13.2 Å². The van der Waals surface area contributed by atoms with Crippen molar-refractivity contribution in [3.63, 3.8) is 0 Å². The number of furan rings is 1. The maximum atomic E-state index is 12.5. The van der Waals surface area contributed by atoms with E-state index in [0.717, 1.165) is 5.56 Å². The molecule has 35 heavy (non-hydrogen) atoms. The number of aromatic nitrogens is 1. The number of nitriles is 1. The molecule has 8 heteroatoms. The molecule has 0 unspecified atom stereocenters. The SMILES string of the molecule is CCOc1ccccc1Oc1ccc(CNC(=O)c2ccc(COc3ccccc3C#N)o2)cn1. The fraction of sp³-hybridized carbons (Fsp3) is 0.148. The number of hydrogen-bond acceptors (Lipinski definition) is 7. The van der Waals surface area contributed by atoms with E-state index in [2.05, 4.69) is 16.4 Å². The summed E-state index contributed by atoms with van der Waals surface area (Å²) in [6.45, 7) is 2.81. The highest BCUT2D eigenvalue weighted by Crippen LogP contribution is 2.30. The van der Waals surface area contributed by atoms with E-state index < -0.39 is 0 Å². The van der Waals surface area contributed by atoms with Crippen LogP contribution in [0.5, 0.6) is 23.1 Å². The van der Waals surface area contributed by atoms with Crippen molar-refractivity contribution in [1.29, 1.82) is 5.26 Å². The zero-order valence-corrected chi connectivity index (χ0v) is 19.1. The molecule has 0 saturated heterocycles. The Morgan fingerprint density at radius 2 is 1.74 bits per heavy atom. The second-order valence-electron chi connectivity index (χ2n) is 7.33. The number of para-hydroxylation sites is 3. The van der Waals surface area contributed by atoms with Gasteiger partial charge in [0.15, 0.2) is 17.3 Å². The minimum Gasteiger partial charge on any atom is -0.490 e. The number of nitrogens with one attached hydrogen (secondary N) is 1. The Hall–Kier alpha value is -4.77. The summed E-state index contributed by atoms with van der Waals surface area (Å²) in [5.74, 6) is 2.37. The van der Waals surface area contributed by atoms with Crippen LogP contribution in [0.1, 0.15) is 34.4 Å².